The van der Waals surface area contributed by atoms with Crippen molar-refractivity contribution in [1.82, 2.24) is 5.32 Å². The summed E-state index contributed by atoms with van der Waals surface area (Å²) in [5.41, 5.74) is 4.19. The van der Waals surface area contributed by atoms with Crippen LogP contribution in [0.1, 0.15) is 16.7 Å². The minimum Gasteiger partial charge on any atom is -0.316 e. The van der Waals surface area contributed by atoms with Crippen molar-refractivity contribution in [3.8, 4) is 0 Å². The molecule has 0 bridgehead atoms. The van der Waals surface area contributed by atoms with Crippen LogP contribution in [0.3, 0.4) is 0 Å². The molecule has 1 N–H and O–H groups in total. The molecule has 1 aromatic carbocycles. The Labute approximate surface area is 84.1 Å². The largest absolute Gasteiger partial charge is 0.316 e. The molecule has 1 aliphatic rings. The Balaban J connectivity index is 2.48. The van der Waals surface area contributed by atoms with Gasteiger partial charge in [-0.15, -0.1) is 0 Å². The molecule has 1 heterocycles. The van der Waals surface area contributed by atoms with E-state index in [9.17, 15) is 0 Å². The smallest absolute Gasteiger partial charge is 0.0438 e. The Hall–Kier alpha value is -0.530. The van der Waals surface area contributed by atoms with Gasteiger partial charge in [0.25, 0.3) is 0 Å². The van der Waals surface area contributed by atoms with E-state index >= 15 is 0 Å². The summed E-state index contributed by atoms with van der Waals surface area (Å²) in [6.45, 7) is 4.29. The summed E-state index contributed by atoms with van der Waals surface area (Å²) in [4.78, 5) is 0. The predicted molar refractivity (Wildman–Crippen MR) is 56.5 cm³/mol. The molecule has 1 nitrogen and oxygen atoms in total. The predicted octanol–water partition coefficient (Wildman–Crippen LogP) is 2.34. The fourth-order valence-electron chi connectivity index (χ4n) is 1.93. The molecule has 0 radical (unpaired) electrons. The summed E-state index contributed by atoms with van der Waals surface area (Å²) < 4.78 is 0. The number of hydrogen-bond acceptors (Lipinski definition) is 1. The standard InChI is InChI=1S/C11H14ClN/c1-8-10-5-7-13-6-4-9(10)2-3-11(8)12/h2-3,13H,4-7H2,1H3. The maximum Gasteiger partial charge on any atom is 0.0438 e. The third kappa shape index (κ3) is 1.72. The molecule has 70 valence electrons. The van der Waals surface area contributed by atoms with Gasteiger partial charge in [-0.1, -0.05) is 17.7 Å². The minimum atomic E-state index is 0.903. The highest BCUT2D eigenvalue weighted by molar-refractivity contribution is 6.31. The lowest BCUT2D eigenvalue weighted by Gasteiger charge is -2.09. The van der Waals surface area contributed by atoms with Crippen LogP contribution in [0.25, 0.3) is 0 Å². The van der Waals surface area contributed by atoms with Gasteiger partial charge in [0.15, 0.2) is 0 Å². The minimum absolute atomic E-state index is 0.903. The van der Waals surface area contributed by atoms with Gasteiger partial charge in [-0.05, 0) is 55.6 Å². The van der Waals surface area contributed by atoms with E-state index in [0.29, 0.717) is 0 Å². The molecule has 1 aliphatic heterocycles. The molecule has 0 saturated carbocycles. The molecule has 2 rings (SSSR count). The summed E-state index contributed by atoms with van der Waals surface area (Å²) in [6.07, 6.45) is 2.25. The molecular weight excluding hydrogens is 182 g/mol. The average Bonchev–Trinajstić information content (AvgIpc) is 2.36. The number of benzene rings is 1. The molecule has 0 aromatic heterocycles. The zero-order valence-electron chi connectivity index (χ0n) is 7.86. The summed E-state index contributed by atoms with van der Waals surface area (Å²) in [5.74, 6) is 0. The van der Waals surface area contributed by atoms with Crippen LogP contribution in [-0.2, 0) is 12.8 Å². The fraction of sp³-hybridized carbons (Fsp3) is 0.455. The van der Waals surface area contributed by atoms with E-state index in [0.717, 1.165) is 31.0 Å². The highest BCUT2D eigenvalue weighted by Crippen LogP contribution is 2.24. The molecule has 0 aliphatic carbocycles. The van der Waals surface area contributed by atoms with Gasteiger partial charge < -0.3 is 5.32 Å². The second-order valence-electron chi connectivity index (χ2n) is 3.56. The molecular formula is C11H14ClN. The molecule has 1 aromatic rings. The van der Waals surface area contributed by atoms with Crippen LogP contribution < -0.4 is 5.32 Å². The van der Waals surface area contributed by atoms with Crippen molar-refractivity contribution in [2.45, 2.75) is 19.8 Å². The molecule has 13 heavy (non-hydrogen) atoms. The Kier molecular flexibility index (Phi) is 2.56. The van der Waals surface area contributed by atoms with Gasteiger partial charge in [0, 0.05) is 5.02 Å². The van der Waals surface area contributed by atoms with E-state index in [-0.39, 0.29) is 0 Å². The third-order valence-electron chi connectivity index (χ3n) is 2.75. The van der Waals surface area contributed by atoms with Crippen molar-refractivity contribution >= 4 is 11.6 Å². The van der Waals surface area contributed by atoms with Crippen LogP contribution in [0.4, 0.5) is 0 Å². The van der Waals surface area contributed by atoms with Gasteiger partial charge in [0.2, 0.25) is 0 Å². The number of hydrogen-bond donors (Lipinski definition) is 1. The zero-order chi connectivity index (χ0) is 9.26. The third-order valence-corrected chi connectivity index (χ3v) is 3.16. The van der Waals surface area contributed by atoms with E-state index < -0.39 is 0 Å². The van der Waals surface area contributed by atoms with Gasteiger partial charge in [-0.3, -0.25) is 0 Å². The first-order valence-electron chi connectivity index (χ1n) is 4.76. The van der Waals surface area contributed by atoms with Crippen LogP contribution in [0.5, 0.6) is 0 Å². The molecule has 0 saturated heterocycles. The van der Waals surface area contributed by atoms with E-state index in [1.807, 2.05) is 6.07 Å². The van der Waals surface area contributed by atoms with Crippen molar-refractivity contribution < 1.29 is 0 Å². The Morgan fingerprint density at radius 3 is 2.85 bits per heavy atom. The Bertz CT molecular complexity index is 320. The molecule has 2 heteroatoms. The number of rotatable bonds is 0. The topological polar surface area (TPSA) is 12.0 Å². The van der Waals surface area contributed by atoms with Crippen LogP contribution >= 0.6 is 11.6 Å². The zero-order valence-corrected chi connectivity index (χ0v) is 8.62. The second-order valence-corrected chi connectivity index (χ2v) is 3.97. The first-order chi connectivity index (χ1) is 6.29. The van der Waals surface area contributed by atoms with Gasteiger partial charge in [-0.25, -0.2) is 0 Å². The lowest BCUT2D eigenvalue weighted by molar-refractivity contribution is 0.710. The molecule has 0 spiro atoms. The second kappa shape index (κ2) is 3.69. The van der Waals surface area contributed by atoms with Crippen molar-refractivity contribution in [1.29, 1.82) is 0 Å². The van der Waals surface area contributed by atoms with Crippen LogP contribution in [0.2, 0.25) is 5.02 Å². The van der Waals surface area contributed by atoms with Crippen molar-refractivity contribution in [2.75, 3.05) is 13.1 Å². The highest BCUT2D eigenvalue weighted by Gasteiger charge is 2.10. The van der Waals surface area contributed by atoms with Gasteiger partial charge >= 0.3 is 0 Å². The summed E-state index contributed by atoms with van der Waals surface area (Å²) in [6, 6.07) is 4.18. The molecule has 0 atom stereocenters. The van der Waals surface area contributed by atoms with Crippen molar-refractivity contribution in [2.24, 2.45) is 0 Å². The van der Waals surface area contributed by atoms with E-state index in [1.54, 1.807) is 0 Å². The normalized spacial score (nSPS) is 16.5. The monoisotopic (exact) mass is 195 g/mol. The quantitative estimate of drug-likeness (QED) is 0.670. The lowest BCUT2D eigenvalue weighted by atomic mass is 9.98. The van der Waals surface area contributed by atoms with Gasteiger partial charge in [0.1, 0.15) is 0 Å². The number of halogens is 1. The fourth-order valence-corrected chi connectivity index (χ4v) is 2.11. The molecule has 0 amide bonds. The van der Waals surface area contributed by atoms with Gasteiger partial charge in [0.05, 0.1) is 0 Å². The Morgan fingerprint density at radius 1 is 1.23 bits per heavy atom. The van der Waals surface area contributed by atoms with Crippen LogP contribution in [-0.4, -0.2) is 13.1 Å². The van der Waals surface area contributed by atoms with Gasteiger partial charge in [-0.2, -0.15) is 0 Å². The first-order valence-corrected chi connectivity index (χ1v) is 5.14. The maximum atomic E-state index is 6.08. The first kappa shape index (κ1) is 9.04. The molecule has 0 unspecified atom stereocenters. The van der Waals surface area contributed by atoms with Crippen LogP contribution in [0, 0.1) is 6.92 Å². The summed E-state index contributed by atoms with van der Waals surface area (Å²) >= 11 is 6.08. The van der Waals surface area contributed by atoms with Crippen molar-refractivity contribution in [3.63, 3.8) is 0 Å². The lowest BCUT2D eigenvalue weighted by Crippen LogP contribution is -2.16. The number of fused-ring (bicyclic) bond motifs is 1. The molecule has 0 fully saturated rings. The van der Waals surface area contributed by atoms with E-state index in [4.69, 9.17) is 11.6 Å². The van der Waals surface area contributed by atoms with Crippen molar-refractivity contribution in [3.05, 3.63) is 33.8 Å². The summed E-state index contributed by atoms with van der Waals surface area (Å²) in [7, 11) is 0. The highest BCUT2D eigenvalue weighted by atomic mass is 35.5. The average molecular weight is 196 g/mol. The maximum absolute atomic E-state index is 6.08. The van der Waals surface area contributed by atoms with Crippen LogP contribution in [0.15, 0.2) is 12.1 Å². The number of nitrogens with one attached hydrogen (secondary N) is 1. The SMILES string of the molecule is Cc1c(Cl)ccc2c1CCNCC2. The summed E-state index contributed by atoms with van der Waals surface area (Å²) in [5, 5.41) is 4.30. The van der Waals surface area contributed by atoms with E-state index in [1.165, 1.54) is 16.7 Å². The Morgan fingerprint density at radius 2 is 2.00 bits per heavy atom. The van der Waals surface area contributed by atoms with E-state index in [2.05, 4.69) is 18.3 Å².